The molecule has 0 unspecified atom stereocenters. The van der Waals surface area contributed by atoms with Gasteiger partial charge in [0.05, 0.1) is 15.6 Å². The van der Waals surface area contributed by atoms with Crippen LogP contribution in [0.1, 0.15) is 31.1 Å². The number of benzene rings is 1. The molecular weight excluding hydrogens is 391 g/mol. The fourth-order valence-electron chi connectivity index (χ4n) is 1.70. The van der Waals surface area contributed by atoms with E-state index in [1.807, 2.05) is 13.8 Å². The van der Waals surface area contributed by atoms with Crippen LogP contribution >= 0.6 is 23.2 Å². The Morgan fingerprint density at radius 3 is 2.40 bits per heavy atom. The summed E-state index contributed by atoms with van der Waals surface area (Å²) >= 11 is 11.9. The van der Waals surface area contributed by atoms with E-state index in [0.29, 0.717) is 6.54 Å². The minimum absolute atomic E-state index is 0.0753. The second-order valence-corrected chi connectivity index (χ2v) is 8.09. The number of esters is 1. The maximum atomic E-state index is 12.3. The molecule has 1 rings (SSSR count). The summed E-state index contributed by atoms with van der Waals surface area (Å²) in [7, 11) is -3.93. The lowest BCUT2D eigenvalue weighted by Crippen LogP contribution is -2.29. The van der Waals surface area contributed by atoms with Crippen LogP contribution in [0.15, 0.2) is 17.0 Å². The highest BCUT2D eigenvalue weighted by Gasteiger charge is 2.23. The summed E-state index contributed by atoms with van der Waals surface area (Å²) in [5, 5.41) is 2.26. The standard InChI is InChI=1S/C15H20Cl2N2O5S/c1-4-18-14(20)8-24-15(21)10-5-13(12(17)6-11(10)16)25(22,23)19-7-9(2)3/h5-6,9,19H,4,7-8H2,1-3H3,(H,18,20). The largest absolute Gasteiger partial charge is 0.452 e. The summed E-state index contributed by atoms with van der Waals surface area (Å²) in [4.78, 5) is 23.1. The average Bonchev–Trinajstić information content (AvgIpc) is 2.51. The maximum absolute atomic E-state index is 12.3. The molecule has 0 atom stereocenters. The van der Waals surface area contributed by atoms with E-state index >= 15 is 0 Å². The lowest BCUT2D eigenvalue weighted by atomic mass is 10.2. The van der Waals surface area contributed by atoms with Gasteiger partial charge in [-0.2, -0.15) is 0 Å². The van der Waals surface area contributed by atoms with E-state index in [1.54, 1.807) is 6.92 Å². The smallest absolute Gasteiger partial charge is 0.340 e. The molecule has 10 heteroatoms. The Morgan fingerprint density at radius 2 is 1.84 bits per heavy atom. The fraction of sp³-hybridized carbons (Fsp3) is 0.467. The van der Waals surface area contributed by atoms with Crippen LogP contribution in [-0.4, -0.2) is 40.0 Å². The van der Waals surface area contributed by atoms with Crippen molar-refractivity contribution in [1.29, 1.82) is 0 Å². The molecule has 25 heavy (non-hydrogen) atoms. The fourth-order valence-corrected chi connectivity index (χ4v) is 3.76. The number of ether oxygens (including phenoxy) is 1. The number of likely N-dealkylation sites (N-methyl/N-ethyl adjacent to an activating group) is 1. The number of amides is 1. The summed E-state index contributed by atoms with van der Waals surface area (Å²) in [5.74, 6) is -1.32. The Balaban J connectivity index is 3.06. The Kier molecular flexibility index (Phi) is 8.14. The number of hydrogen-bond acceptors (Lipinski definition) is 5. The number of carbonyl (C=O) groups excluding carboxylic acids is 2. The average molecular weight is 411 g/mol. The molecule has 140 valence electrons. The number of halogens is 2. The first-order valence-corrected chi connectivity index (χ1v) is 9.75. The maximum Gasteiger partial charge on any atom is 0.340 e. The van der Waals surface area contributed by atoms with Crippen molar-refractivity contribution < 1.29 is 22.7 Å². The molecule has 0 aliphatic carbocycles. The first kappa shape index (κ1) is 21.7. The second kappa shape index (κ2) is 9.38. The lowest BCUT2D eigenvalue weighted by molar-refractivity contribution is -0.124. The second-order valence-electron chi connectivity index (χ2n) is 5.54. The van der Waals surface area contributed by atoms with Crippen molar-refractivity contribution in [3.63, 3.8) is 0 Å². The van der Waals surface area contributed by atoms with E-state index in [4.69, 9.17) is 27.9 Å². The topological polar surface area (TPSA) is 102 Å². The van der Waals surface area contributed by atoms with Crippen molar-refractivity contribution in [3.05, 3.63) is 27.7 Å². The number of hydrogen-bond donors (Lipinski definition) is 2. The molecule has 0 fully saturated rings. The Morgan fingerprint density at radius 1 is 1.20 bits per heavy atom. The predicted octanol–water partition coefficient (Wildman–Crippen LogP) is 2.22. The first-order chi connectivity index (χ1) is 11.6. The summed E-state index contributed by atoms with van der Waals surface area (Å²) in [5.41, 5.74) is -0.194. The van der Waals surface area contributed by atoms with Crippen LogP contribution in [0.3, 0.4) is 0 Å². The van der Waals surface area contributed by atoms with Crippen LogP contribution in [0.25, 0.3) is 0 Å². The number of rotatable bonds is 8. The lowest BCUT2D eigenvalue weighted by Gasteiger charge is -2.12. The number of carbonyl (C=O) groups is 2. The van der Waals surface area contributed by atoms with Crippen LogP contribution in [0.5, 0.6) is 0 Å². The quantitative estimate of drug-likeness (QED) is 0.639. The van der Waals surface area contributed by atoms with Crippen LogP contribution in [0, 0.1) is 5.92 Å². The molecule has 0 spiro atoms. The third-order valence-corrected chi connectivity index (χ3v) is 5.12. The normalized spacial score (nSPS) is 11.4. The van der Waals surface area contributed by atoms with Gasteiger partial charge in [0.1, 0.15) is 4.90 Å². The van der Waals surface area contributed by atoms with Crippen molar-refractivity contribution in [3.8, 4) is 0 Å². The zero-order chi connectivity index (χ0) is 19.2. The minimum Gasteiger partial charge on any atom is -0.452 e. The van der Waals surface area contributed by atoms with Crippen LogP contribution in [0.2, 0.25) is 10.0 Å². The molecule has 0 radical (unpaired) electrons. The number of nitrogens with one attached hydrogen (secondary N) is 2. The monoisotopic (exact) mass is 410 g/mol. The molecule has 0 aliphatic heterocycles. The summed E-state index contributed by atoms with van der Waals surface area (Å²) in [6, 6.07) is 2.18. The molecule has 0 aromatic heterocycles. The molecule has 1 aromatic carbocycles. The Labute approximate surface area is 157 Å². The highest BCUT2D eigenvalue weighted by atomic mass is 35.5. The van der Waals surface area contributed by atoms with Gasteiger partial charge < -0.3 is 10.1 Å². The van der Waals surface area contributed by atoms with Crippen molar-refractivity contribution in [2.24, 2.45) is 5.92 Å². The van der Waals surface area contributed by atoms with Gasteiger partial charge in [-0.25, -0.2) is 17.9 Å². The van der Waals surface area contributed by atoms with Crippen molar-refractivity contribution in [2.45, 2.75) is 25.7 Å². The molecule has 2 N–H and O–H groups in total. The van der Waals surface area contributed by atoms with Gasteiger partial charge in [0, 0.05) is 13.1 Å². The third kappa shape index (κ3) is 6.47. The van der Waals surface area contributed by atoms with Gasteiger partial charge in [-0.15, -0.1) is 0 Å². The van der Waals surface area contributed by atoms with Gasteiger partial charge in [-0.1, -0.05) is 37.0 Å². The molecule has 0 bridgehead atoms. The van der Waals surface area contributed by atoms with Crippen LogP contribution < -0.4 is 10.0 Å². The zero-order valence-electron chi connectivity index (χ0n) is 14.1. The first-order valence-electron chi connectivity index (χ1n) is 7.51. The Bertz CT molecular complexity index is 751. The number of sulfonamides is 1. The summed E-state index contributed by atoms with van der Waals surface area (Å²) in [6.07, 6.45) is 0. The van der Waals surface area contributed by atoms with Gasteiger partial charge >= 0.3 is 5.97 Å². The molecule has 0 saturated heterocycles. The van der Waals surface area contributed by atoms with E-state index in [0.717, 1.165) is 12.1 Å². The van der Waals surface area contributed by atoms with Crippen molar-refractivity contribution in [1.82, 2.24) is 10.0 Å². The predicted molar refractivity (Wildman–Crippen MR) is 95.5 cm³/mol. The molecule has 1 amide bonds. The SMILES string of the molecule is CCNC(=O)COC(=O)c1cc(S(=O)(=O)NCC(C)C)c(Cl)cc1Cl. The summed E-state index contributed by atoms with van der Waals surface area (Å²) < 4.78 is 31.9. The van der Waals surface area contributed by atoms with Crippen LogP contribution in [0.4, 0.5) is 0 Å². The summed E-state index contributed by atoms with van der Waals surface area (Å²) in [6.45, 7) is 5.50. The van der Waals surface area contributed by atoms with Gasteiger partial charge in [0.25, 0.3) is 5.91 Å². The van der Waals surface area contributed by atoms with Crippen LogP contribution in [-0.2, 0) is 19.6 Å². The highest BCUT2D eigenvalue weighted by molar-refractivity contribution is 7.89. The molecule has 7 nitrogen and oxygen atoms in total. The van der Waals surface area contributed by atoms with E-state index < -0.39 is 28.5 Å². The third-order valence-electron chi connectivity index (χ3n) is 2.92. The molecule has 1 aromatic rings. The van der Waals surface area contributed by atoms with Gasteiger partial charge in [-0.3, -0.25) is 4.79 Å². The van der Waals surface area contributed by atoms with E-state index in [9.17, 15) is 18.0 Å². The van der Waals surface area contributed by atoms with E-state index in [-0.39, 0.29) is 33.0 Å². The molecule has 0 aliphatic rings. The molecule has 0 heterocycles. The molecular formula is C15H20Cl2N2O5S. The van der Waals surface area contributed by atoms with Crippen molar-refractivity contribution >= 4 is 45.1 Å². The van der Waals surface area contributed by atoms with E-state index in [2.05, 4.69) is 10.0 Å². The zero-order valence-corrected chi connectivity index (χ0v) is 16.4. The minimum atomic E-state index is -3.93. The van der Waals surface area contributed by atoms with Gasteiger partial charge in [-0.05, 0) is 25.0 Å². The highest BCUT2D eigenvalue weighted by Crippen LogP contribution is 2.29. The van der Waals surface area contributed by atoms with Gasteiger partial charge in [0.15, 0.2) is 6.61 Å². The van der Waals surface area contributed by atoms with Gasteiger partial charge in [0.2, 0.25) is 10.0 Å². The Hall–Kier alpha value is -1.35. The molecule has 0 saturated carbocycles. The van der Waals surface area contributed by atoms with Crippen molar-refractivity contribution in [2.75, 3.05) is 19.7 Å². The van der Waals surface area contributed by atoms with E-state index in [1.165, 1.54) is 0 Å².